The second kappa shape index (κ2) is 7.40. The first-order valence-corrected chi connectivity index (χ1v) is 7.78. The molecule has 0 spiro atoms. The van der Waals surface area contributed by atoms with Crippen molar-refractivity contribution in [2.24, 2.45) is 0 Å². The fourth-order valence-corrected chi connectivity index (χ4v) is 2.52. The summed E-state index contributed by atoms with van der Waals surface area (Å²) in [5.41, 5.74) is 0.783. The van der Waals surface area contributed by atoms with Crippen molar-refractivity contribution in [1.29, 1.82) is 0 Å². The third kappa shape index (κ3) is 4.70. The number of alkyl halides is 3. The summed E-state index contributed by atoms with van der Waals surface area (Å²) in [6, 6.07) is 5.81. The zero-order valence-electron chi connectivity index (χ0n) is 13.3. The quantitative estimate of drug-likeness (QED) is 0.832. The van der Waals surface area contributed by atoms with Crippen molar-refractivity contribution < 1.29 is 26.7 Å². The second-order valence-electron chi connectivity index (χ2n) is 5.62. The first-order chi connectivity index (χ1) is 11.9. The number of ether oxygens (including phenoxy) is 1. The van der Waals surface area contributed by atoms with E-state index in [-0.39, 0.29) is 18.1 Å². The van der Waals surface area contributed by atoms with Gasteiger partial charge in [-0.2, -0.15) is 18.2 Å². The van der Waals surface area contributed by atoms with Crippen LogP contribution in [-0.4, -0.2) is 43.9 Å². The lowest BCUT2D eigenvalue weighted by Crippen LogP contribution is -2.43. The maximum Gasteiger partial charge on any atom is 0.411 e. The molecule has 2 heterocycles. The topological polar surface area (TPSA) is 50.5 Å². The molecular formula is C16H17F4N3O2. The highest BCUT2D eigenvalue weighted by atomic mass is 19.4. The Kier molecular flexibility index (Phi) is 5.24. The Morgan fingerprint density at radius 2 is 1.84 bits per heavy atom. The van der Waals surface area contributed by atoms with Gasteiger partial charge in [0.15, 0.2) is 5.76 Å². The van der Waals surface area contributed by atoms with E-state index in [1.54, 1.807) is 0 Å². The molecule has 1 N–H and O–H groups in total. The van der Waals surface area contributed by atoms with Crippen LogP contribution in [0.4, 0.5) is 23.6 Å². The van der Waals surface area contributed by atoms with Crippen LogP contribution in [0, 0.1) is 5.82 Å². The van der Waals surface area contributed by atoms with Gasteiger partial charge in [0.05, 0.1) is 6.61 Å². The van der Waals surface area contributed by atoms with Crippen LogP contribution in [0.1, 0.15) is 5.69 Å². The highest BCUT2D eigenvalue weighted by Crippen LogP contribution is 2.30. The van der Waals surface area contributed by atoms with Gasteiger partial charge >= 0.3 is 6.18 Å². The van der Waals surface area contributed by atoms with E-state index in [0.717, 1.165) is 13.1 Å². The molecule has 0 saturated carbocycles. The predicted molar refractivity (Wildman–Crippen MR) is 82.7 cm³/mol. The number of halogens is 4. The van der Waals surface area contributed by atoms with E-state index in [1.807, 2.05) is 4.90 Å². The molecule has 25 heavy (non-hydrogen) atoms. The molecule has 1 aromatic carbocycles. The number of anilines is 1. The molecule has 0 amide bonds. The lowest BCUT2D eigenvalue weighted by molar-refractivity contribution is -0.176. The van der Waals surface area contributed by atoms with Gasteiger partial charge in [-0.1, -0.05) is 0 Å². The minimum atomic E-state index is -4.42. The molecule has 1 aromatic heterocycles. The summed E-state index contributed by atoms with van der Waals surface area (Å²) >= 11 is 0. The number of nitrogens with zero attached hydrogens (tertiary/aromatic N) is 2. The molecule has 0 radical (unpaired) electrons. The highest BCUT2D eigenvalue weighted by molar-refractivity contribution is 5.61. The smallest absolute Gasteiger partial charge is 0.411 e. The van der Waals surface area contributed by atoms with Crippen molar-refractivity contribution in [2.45, 2.75) is 12.8 Å². The van der Waals surface area contributed by atoms with Gasteiger partial charge in [-0.3, -0.25) is 0 Å². The monoisotopic (exact) mass is 359 g/mol. The number of benzene rings is 1. The Labute approximate surface area is 141 Å². The van der Waals surface area contributed by atoms with Gasteiger partial charge < -0.3 is 19.4 Å². The lowest BCUT2D eigenvalue weighted by atomic mass is 10.1. The number of nitrogens with one attached hydrogen (secondary N) is 1. The summed E-state index contributed by atoms with van der Waals surface area (Å²) in [5, 5.41) is 3.19. The zero-order chi connectivity index (χ0) is 17.9. The predicted octanol–water partition coefficient (Wildman–Crippen LogP) is 2.97. The first kappa shape index (κ1) is 17.7. The van der Waals surface area contributed by atoms with Crippen LogP contribution in [-0.2, 0) is 11.3 Å². The van der Waals surface area contributed by atoms with Crippen LogP contribution in [0.3, 0.4) is 0 Å². The number of hydrogen-bond donors (Lipinski definition) is 1. The molecule has 2 aromatic rings. The Balaban J connectivity index is 1.84. The molecule has 1 aliphatic heterocycles. The van der Waals surface area contributed by atoms with Crippen LogP contribution in [0.25, 0.3) is 11.3 Å². The summed E-state index contributed by atoms with van der Waals surface area (Å²) in [5.74, 6) is -0.129. The molecular weight excluding hydrogens is 342 g/mol. The summed E-state index contributed by atoms with van der Waals surface area (Å²) in [6.45, 7) is 1.15. The first-order valence-electron chi connectivity index (χ1n) is 7.78. The number of rotatable bonds is 5. The third-order valence-corrected chi connectivity index (χ3v) is 3.68. The Bertz CT molecular complexity index is 694. The van der Waals surface area contributed by atoms with Gasteiger partial charge in [0.25, 0.3) is 6.01 Å². The van der Waals surface area contributed by atoms with Crippen molar-refractivity contribution in [2.75, 3.05) is 37.7 Å². The molecule has 0 aliphatic carbocycles. The lowest BCUT2D eigenvalue weighted by Gasteiger charge is -2.25. The van der Waals surface area contributed by atoms with Crippen molar-refractivity contribution in [3.63, 3.8) is 0 Å². The number of piperazine rings is 1. The van der Waals surface area contributed by atoms with Crippen molar-refractivity contribution in [1.82, 2.24) is 10.3 Å². The van der Waals surface area contributed by atoms with E-state index in [1.165, 1.54) is 24.3 Å². The van der Waals surface area contributed by atoms with Crippen LogP contribution in [0.15, 0.2) is 28.7 Å². The Hall–Kier alpha value is -2.13. The van der Waals surface area contributed by atoms with Crippen molar-refractivity contribution >= 4 is 6.01 Å². The Morgan fingerprint density at radius 3 is 2.48 bits per heavy atom. The maximum absolute atomic E-state index is 13.1. The second-order valence-corrected chi connectivity index (χ2v) is 5.62. The van der Waals surface area contributed by atoms with Crippen molar-refractivity contribution in [3.05, 3.63) is 35.8 Å². The van der Waals surface area contributed by atoms with Gasteiger partial charge in [-0.05, 0) is 24.3 Å². The van der Waals surface area contributed by atoms with Gasteiger partial charge in [0, 0.05) is 31.7 Å². The SMILES string of the molecule is Fc1ccc(-c2oc(N3CCNCC3)nc2COCC(F)(F)F)cc1. The fraction of sp³-hybridized carbons (Fsp3) is 0.438. The minimum Gasteiger partial charge on any atom is -0.423 e. The highest BCUT2D eigenvalue weighted by Gasteiger charge is 2.28. The molecule has 0 atom stereocenters. The summed E-state index contributed by atoms with van der Waals surface area (Å²) in [4.78, 5) is 6.20. The number of aromatic nitrogens is 1. The molecule has 1 saturated heterocycles. The van der Waals surface area contributed by atoms with Gasteiger partial charge in [-0.15, -0.1) is 0 Å². The number of hydrogen-bond acceptors (Lipinski definition) is 5. The summed E-state index contributed by atoms with van der Waals surface area (Å²) < 4.78 is 60.5. The van der Waals surface area contributed by atoms with E-state index in [9.17, 15) is 17.6 Å². The summed E-state index contributed by atoms with van der Waals surface area (Å²) in [6.07, 6.45) is -4.42. The number of oxazole rings is 1. The van der Waals surface area contributed by atoms with Gasteiger partial charge in [0.2, 0.25) is 0 Å². The summed E-state index contributed by atoms with van der Waals surface area (Å²) in [7, 11) is 0. The van der Waals surface area contributed by atoms with Crippen LogP contribution >= 0.6 is 0 Å². The van der Waals surface area contributed by atoms with E-state index in [2.05, 4.69) is 10.3 Å². The molecule has 0 bridgehead atoms. The van der Waals surface area contributed by atoms with E-state index in [0.29, 0.717) is 24.7 Å². The van der Waals surface area contributed by atoms with Gasteiger partial charge in [-0.25, -0.2) is 4.39 Å². The zero-order valence-corrected chi connectivity index (χ0v) is 13.3. The van der Waals surface area contributed by atoms with E-state index in [4.69, 9.17) is 9.15 Å². The molecule has 136 valence electrons. The standard InChI is InChI=1S/C16H17F4N3O2/c17-12-3-1-11(2-4-12)14-13(9-24-10-16(18,19)20)22-15(25-14)23-7-5-21-6-8-23/h1-4,21H,5-10H2. The minimum absolute atomic E-state index is 0.254. The maximum atomic E-state index is 13.1. The molecule has 5 nitrogen and oxygen atoms in total. The molecule has 0 unspecified atom stereocenters. The van der Waals surface area contributed by atoms with Crippen LogP contribution < -0.4 is 10.2 Å². The van der Waals surface area contributed by atoms with E-state index >= 15 is 0 Å². The molecule has 1 aliphatic rings. The molecule has 3 rings (SSSR count). The fourth-order valence-electron chi connectivity index (χ4n) is 2.52. The molecule has 9 heteroatoms. The molecule has 1 fully saturated rings. The van der Waals surface area contributed by atoms with Crippen LogP contribution in [0.5, 0.6) is 0 Å². The largest absolute Gasteiger partial charge is 0.423 e. The average molecular weight is 359 g/mol. The van der Waals surface area contributed by atoms with E-state index < -0.39 is 18.6 Å². The Morgan fingerprint density at radius 1 is 1.16 bits per heavy atom. The van der Waals surface area contributed by atoms with Crippen LogP contribution in [0.2, 0.25) is 0 Å². The average Bonchev–Trinajstić information content (AvgIpc) is 2.99. The van der Waals surface area contributed by atoms with Crippen molar-refractivity contribution in [3.8, 4) is 11.3 Å². The van der Waals surface area contributed by atoms with Gasteiger partial charge in [0.1, 0.15) is 18.1 Å². The third-order valence-electron chi connectivity index (χ3n) is 3.68. The normalized spacial score (nSPS) is 15.6.